The van der Waals surface area contributed by atoms with E-state index in [0.29, 0.717) is 26.1 Å². The molecule has 16 heavy (non-hydrogen) atoms. The van der Waals surface area contributed by atoms with Gasteiger partial charge in [-0.15, -0.1) is 11.3 Å². The fourth-order valence-electron chi connectivity index (χ4n) is 1.80. The zero-order valence-corrected chi connectivity index (χ0v) is 10.4. The van der Waals surface area contributed by atoms with E-state index in [9.17, 15) is 4.79 Å². The summed E-state index contributed by atoms with van der Waals surface area (Å²) in [6.45, 7) is 5.99. The van der Waals surface area contributed by atoms with Crippen LogP contribution in [0.2, 0.25) is 0 Å². The predicted octanol–water partition coefficient (Wildman–Crippen LogP) is 1.24. The van der Waals surface area contributed by atoms with E-state index in [1.54, 1.807) is 11.3 Å². The fourth-order valence-corrected chi connectivity index (χ4v) is 2.41. The molecule has 1 aromatic heterocycles. The average molecular weight is 240 g/mol. The Kier molecular flexibility index (Phi) is 3.56. The Balaban J connectivity index is 1.92. The van der Waals surface area contributed by atoms with Gasteiger partial charge in [0.2, 0.25) is 5.91 Å². The number of amides is 1. The summed E-state index contributed by atoms with van der Waals surface area (Å²) in [5.74, 6) is 0.153. The van der Waals surface area contributed by atoms with Crippen molar-refractivity contribution in [2.75, 3.05) is 19.7 Å². The summed E-state index contributed by atoms with van der Waals surface area (Å²) in [7, 11) is 0. The van der Waals surface area contributed by atoms with Crippen molar-refractivity contribution in [3.8, 4) is 0 Å². The highest BCUT2D eigenvalue weighted by molar-refractivity contribution is 7.09. The molecule has 1 unspecified atom stereocenters. The Morgan fingerprint density at radius 3 is 3.19 bits per heavy atom. The first-order chi connectivity index (χ1) is 7.65. The number of ether oxygens (including phenoxy) is 1. The number of morpholine rings is 1. The van der Waals surface area contributed by atoms with Crippen LogP contribution in [0.25, 0.3) is 0 Å². The minimum Gasteiger partial charge on any atom is -0.375 e. The van der Waals surface area contributed by atoms with Gasteiger partial charge in [-0.3, -0.25) is 4.79 Å². The SMILES string of the molecule is Cc1nc(CC(=O)N2CCOC(C)C2)cs1. The van der Waals surface area contributed by atoms with Gasteiger partial charge in [-0.2, -0.15) is 0 Å². The molecule has 1 saturated heterocycles. The highest BCUT2D eigenvalue weighted by atomic mass is 32.1. The second-order valence-corrected chi connectivity index (χ2v) is 5.12. The molecular formula is C11H16N2O2S. The maximum Gasteiger partial charge on any atom is 0.228 e. The molecular weight excluding hydrogens is 224 g/mol. The normalized spacial score (nSPS) is 21.1. The molecule has 0 radical (unpaired) electrons. The van der Waals surface area contributed by atoms with Crippen molar-refractivity contribution in [1.82, 2.24) is 9.88 Å². The largest absolute Gasteiger partial charge is 0.375 e. The average Bonchev–Trinajstić information content (AvgIpc) is 2.64. The van der Waals surface area contributed by atoms with Gasteiger partial charge >= 0.3 is 0 Å². The van der Waals surface area contributed by atoms with Crippen LogP contribution in [0.1, 0.15) is 17.6 Å². The molecule has 1 fully saturated rings. The maximum absolute atomic E-state index is 12.0. The van der Waals surface area contributed by atoms with Gasteiger partial charge in [0.05, 0.1) is 29.8 Å². The van der Waals surface area contributed by atoms with Crippen molar-refractivity contribution in [3.05, 3.63) is 16.1 Å². The van der Waals surface area contributed by atoms with Crippen LogP contribution in [-0.4, -0.2) is 41.6 Å². The van der Waals surface area contributed by atoms with Crippen LogP contribution in [0.3, 0.4) is 0 Å². The van der Waals surface area contributed by atoms with Crippen LogP contribution in [0.4, 0.5) is 0 Å². The maximum atomic E-state index is 12.0. The van der Waals surface area contributed by atoms with Crippen LogP contribution in [0.5, 0.6) is 0 Å². The third-order valence-corrected chi connectivity index (χ3v) is 3.42. The van der Waals surface area contributed by atoms with Gasteiger partial charge in [0.1, 0.15) is 0 Å². The van der Waals surface area contributed by atoms with Crippen molar-refractivity contribution in [3.63, 3.8) is 0 Å². The van der Waals surface area contributed by atoms with Gasteiger partial charge in [-0.1, -0.05) is 0 Å². The van der Waals surface area contributed by atoms with Crippen molar-refractivity contribution in [1.29, 1.82) is 0 Å². The molecule has 1 amide bonds. The van der Waals surface area contributed by atoms with Crippen LogP contribution < -0.4 is 0 Å². The van der Waals surface area contributed by atoms with Crippen molar-refractivity contribution < 1.29 is 9.53 Å². The molecule has 2 heterocycles. The van der Waals surface area contributed by atoms with E-state index in [0.717, 1.165) is 10.7 Å². The summed E-state index contributed by atoms with van der Waals surface area (Å²) in [4.78, 5) is 18.1. The summed E-state index contributed by atoms with van der Waals surface area (Å²) < 4.78 is 5.41. The van der Waals surface area contributed by atoms with E-state index >= 15 is 0 Å². The van der Waals surface area contributed by atoms with Gasteiger partial charge in [0, 0.05) is 18.5 Å². The van der Waals surface area contributed by atoms with Gasteiger partial charge in [-0.25, -0.2) is 4.98 Å². The third kappa shape index (κ3) is 2.80. The number of rotatable bonds is 2. The minimum atomic E-state index is 0.148. The summed E-state index contributed by atoms with van der Waals surface area (Å²) in [5.41, 5.74) is 0.881. The predicted molar refractivity (Wildman–Crippen MR) is 62.5 cm³/mol. The van der Waals surface area contributed by atoms with Crippen molar-refractivity contribution in [2.24, 2.45) is 0 Å². The molecule has 88 valence electrons. The number of hydrogen-bond acceptors (Lipinski definition) is 4. The molecule has 4 nitrogen and oxygen atoms in total. The van der Waals surface area contributed by atoms with Crippen LogP contribution in [0, 0.1) is 6.92 Å². The summed E-state index contributed by atoms with van der Waals surface area (Å²) in [6, 6.07) is 0. The quantitative estimate of drug-likeness (QED) is 0.781. The summed E-state index contributed by atoms with van der Waals surface area (Å²) in [5, 5.41) is 2.97. The fraction of sp³-hybridized carbons (Fsp3) is 0.636. The lowest BCUT2D eigenvalue weighted by molar-refractivity contribution is -0.137. The van der Waals surface area contributed by atoms with Gasteiger partial charge in [0.15, 0.2) is 0 Å². The van der Waals surface area contributed by atoms with E-state index in [1.807, 2.05) is 24.1 Å². The van der Waals surface area contributed by atoms with Crippen molar-refractivity contribution in [2.45, 2.75) is 26.4 Å². The van der Waals surface area contributed by atoms with Gasteiger partial charge in [-0.05, 0) is 13.8 Å². The molecule has 0 saturated carbocycles. The van der Waals surface area contributed by atoms with Crippen LogP contribution >= 0.6 is 11.3 Å². The zero-order valence-electron chi connectivity index (χ0n) is 9.60. The molecule has 1 aromatic rings. The van der Waals surface area contributed by atoms with E-state index in [2.05, 4.69) is 4.98 Å². The van der Waals surface area contributed by atoms with E-state index in [4.69, 9.17) is 4.74 Å². The molecule has 5 heteroatoms. The highest BCUT2D eigenvalue weighted by Crippen LogP contribution is 2.11. The number of carbonyl (C=O) groups is 1. The van der Waals surface area contributed by atoms with E-state index in [1.165, 1.54) is 0 Å². The monoisotopic (exact) mass is 240 g/mol. The molecule has 1 aliphatic heterocycles. The summed E-state index contributed by atoms with van der Waals surface area (Å²) >= 11 is 1.59. The Morgan fingerprint density at radius 2 is 2.56 bits per heavy atom. The number of aryl methyl sites for hydroxylation is 1. The Labute approximate surface area is 99.2 Å². The second kappa shape index (κ2) is 4.93. The third-order valence-electron chi connectivity index (χ3n) is 2.59. The minimum absolute atomic E-state index is 0.148. The van der Waals surface area contributed by atoms with Gasteiger partial charge < -0.3 is 9.64 Å². The molecule has 2 rings (SSSR count). The number of thiazole rings is 1. The number of carbonyl (C=O) groups excluding carboxylic acids is 1. The molecule has 0 aromatic carbocycles. The Bertz CT molecular complexity index is 378. The first-order valence-corrected chi connectivity index (χ1v) is 6.33. The lowest BCUT2D eigenvalue weighted by atomic mass is 10.2. The molecule has 0 bridgehead atoms. The highest BCUT2D eigenvalue weighted by Gasteiger charge is 2.21. The molecule has 0 N–H and O–H groups in total. The standard InChI is InChI=1S/C11H16N2O2S/c1-8-6-13(3-4-15-8)11(14)5-10-7-16-9(2)12-10/h7-8H,3-6H2,1-2H3. The van der Waals surface area contributed by atoms with E-state index < -0.39 is 0 Å². The molecule has 1 atom stereocenters. The second-order valence-electron chi connectivity index (χ2n) is 4.06. The molecule has 0 aliphatic carbocycles. The summed E-state index contributed by atoms with van der Waals surface area (Å²) in [6.07, 6.45) is 0.562. The first-order valence-electron chi connectivity index (χ1n) is 5.45. The van der Waals surface area contributed by atoms with Gasteiger partial charge in [0.25, 0.3) is 0 Å². The zero-order chi connectivity index (χ0) is 11.5. The van der Waals surface area contributed by atoms with Crippen LogP contribution in [0.15, 0.2) is 5.38 Å². The van der Waals surface area contributed by atoms with E-state index in [-0.39, 0.29) is 12.0 Å². The Morgan fingerprint density at radius 1 is 1.75 bits per heavy atom. The first kappa shape index (κ1) is 11.5. The molecule has 1 aliphatic rings. The van der Waals surface area contributed by atoms with Crippen molar-refractivity contribution >= 4 is 17.2 Å². The number of hydrogen-bond donors (Lipinski definition) is 0. The Hall–Kier alpha value is -0.940. The number of aromatic nitrogens is 1. The topological polar surface area (TPSA) is 42.4 Å². The molecule has 0 spiro atoms. The van der Waals surface area contributed by atoms with Crippen LogP contribution in [-0.2, 0) is 16.0 Å². The smallest absolute Gasteiger partial charge is 0.228 e. The lowest BCUT2D eigenvalue weighted by Gasteiger charge is -2.31. The number of nitrogens with zero attached hydrogens (tertiary/aromatic N) is 2. The lowest BCUT2D eigenvalue weighted by Crippen LogP contribution is -2.45.